The van der Waals surface area contributed by atoms with Crippen LogP contribution in [0, 0.1) is 0 Å². The van der Waals surface area contributed by atoms with Crippen molar-refractivity contribution in [2.24, 2.45) is 11.6 Å². The van der Waals surface area contributed by atoms with Gasteiger partial charge in [0.1, 0.15) is 6.23 Å². The second kappa shape index (κ2) is 4.25. The summed E-state index contributed by atoms with van der Waals surface area (Å²) in [7, 11) is 0. The average Bonchev–Trinajstić information content (AvgIpc) is 1.83. The minimum absolute atomic E-state index is 0.0155. The van der Waals surface area contributed by atoms with Crippen molar-refractivity contribution in [1.29, 1.82) is 0 Å². The first-order valence-electron chi connectivity index (χ1n) is 2.49. The number of rotatable bonds is 4. The highest BCUT2D eigenvalue weighted by molar-refractivity contribution is 5.66. The Morgan fingerprint density at radius 2 is 2.33 bits per heavy atom. The summed E-state index contributed by atoms with van der Waals surface area (Å²) in [4.78, 5) is 14.0. The second-order valence-electron chi connectivity index (χ2n) is 1.61. The molecular formula is C4H10N2O3. The average molecular weight is 134 g/mol. The highest BCUT2D eigenvalue weighted by atomic mass is 16.6. The molecule has 0 spiro atoms. The summed E-state index contributed by atoms with van der Waals surface area (Å²) in [6.45, 7) is 0. The van der Waals surface area contributed by atoms with E-state index in [0.29, 0.717) is 0 Å². The van der Waals surface area contributed by atoms with Crippen molar-refractivity contribution in [3.8, 4) is 0 Å². The zero-order valence-corrected chi connectivity index (χ0v) is 4.91. The lowest BCUT2D eigenvalue weighted by atomic mass is 10.3. The minimum atomic E-state index is -0.900. The molecule has 5 heteroatoms. The Morgan fingerprint density at radius 1 is 1.78 bits per heavy atom. The van der Waals surface area contributed by atoms with Crippen LogP contribution in [0.2, 0.25) is 0 Å². The van der Waals surface area contributed by atoms with Crippen LogP contribution in [0.15, 0.2) is 0 Å². The SMILES string of the molecule is NOC(N)CCC(=O)O. The number of hydrogen-bond acceptors (Lipinski definition) is 4. The van der Waals surface area contributed by atoms with Gasteiger partial charge in [0.25, 0.3) is 0 Å². The molecule has 5 nitrogen and oxygen atoms in total. The molecule has 54 valence electrons. The van der Waals surface area contributed by atoms with E-state index in [2.05, 4.69) is 10.7 Å². The molecule has 1 atom stereocenters. The Kier molecular flexibility index (Phi) is 3.94. The summed E-state index contributed by atoms with van der Waals surface area (Å²) < 4.78 is 0. The molecule has 0 fully saturated rings. The van der Waals surface area contributed by atoms with Gasteiger partial charge in [0.2, 0.25) is 0 Å². The predicted molar refractivity (Wildman–Crippen MR) is 30.1 cm³/mol. The molecule has 0 aromatic rings. The van der Waals surface area contributed by atoms with E-state index >= 15 is 0 Å². The second-order valence-corrected chi connectivity index (χ2v) is 1.61. The van der Waals surface area contributed by atoms with E-state index < -0.39 is 12.2 Å². The quantitative estimate of drug-likeness (QED) is 0.339. The molecular weight excluding hydrogens is 124 g/mol. The van der Waals surface area contributed by atoms with Crippen LogP contribution in [0.4, 0.5) is 0 Å². The van der Waals surface area contributed by atoms with Crippen LogP contribution in [0.1, 0.15) is 12.8 Å². The maximum Gasteiger partial charge on any atom is 0.303 e. The van der Waals surface area contributed by atoms with E-state index in [4.69, 9.17) is 10.8 Å². The lowest BCUT2D eigenvalue weighted by Gasteiger charge is -2.04. The summed E-state index contributed by atoms with van der Waals surface area (Å²) >= 11 is 0. The molecule has 0 aliphatic heterocycles. The van der Waals surface area contributed by atoms with E-state index in [0.717, 1.165) is 0 Å². The molecule has 0 aromatic carbocycles. The fourth-order valence-corrected chi connectivity index (χ4v) is 0.334. The first-order valence-corrected chi connectivity index (χ1v) is 2.49. The largest absolute Gasteiger partial charge is 0.481 e. The highest BCUT2D eigenvalue weighted by Gasteiger charge is 2.03. The maximum absolute atomic E-state index is 9.87. The number of nitrogens with two attached hydrogens (primary N) is 2. The third-order valence-corrected chi connectivity index (χ3v) is 0.818. The van der Waals surface area contributed by atoms with Crippen LogP contribution in [0.5, 0.6) is 0 Å². The highest BCUT2D eigenvalue weighted by Crippen LogP contribution is 1.92. The van der Waals surface area contributed by atoms with Gasteiger partial charge in [0, 0.05) is 6.42 Å². The Bertz CT molecular complexity index is 95.8. The number of hydrogen-bond donors (Lipinski definition) is 3. The van der Waals surface area contributed by atoms with Gasteiger partial charge >= 0.3 is 5.97 Å². The molecule has 0 amide bonds. The molecule has 0 saturated carbocycles. The topological polar surface area (TPSA) is 98.6 Å². The smallest absolute Gasteiger partial charge is 0.303 e. The number of carboxylic acid groups (broad SMARTS) is 1. The van der Waals surface area contributed by atoms with E-state index in [1.807, 2.05) is 0 Å². The Hall–Kier alpha value is -0.650. The standard InChI is InChI=1S/C4H10N2O3/c5-3(9-6)1-2-4(7)8/h3H,1-2,5-6H2,(H,7,8). The number of carbonyl (C=O) groups is 1. The summed E-state index contributed by atoms with van der Waals surface area (Å²) in [5, 5.41) is 8.11. The molecule has 0 aliphatic rings. The normalized spacial score (nSPS) is 13.1. The van der Waals surface area contributed by atoms with Crippen LogP contribution in [-0.4, -0.2) is 17.3 Å². The van der Waals surface area contributed by atoms with Crippen LogP contribution in [0.25, 0.3) is 0 Å². The Labute approximate surface area is 52.5 Å². The van der Waals surface area contributed by atoms with Crippen molar-refractivity contribution in [1.82, 2.24) is 0 Å². The lowest BCUT2D eigenvalue weighted by molar-refractivity contribution is -0.137. The Morgan fingerprint density at radius 3 is 2.67 bits per heavy atom. The monoisotopic (exact) mass is 134 g/mol. The first kappa shape index (κ1) is 8.35. The zero-order chi connectivity index (χ0) is 7.28. The zero-order valence-electron chi connectivity index (χ0n) is 4.91. The van der Waals surface area contributed by atoms with Gasteiger partial charge in [-0.15, -0.1) is 0 Å². The molecule has 0 aromatic heterocycles. The van der Waals surface area contributed by atoms with E-state index in [-0.39, 0.29) is 12.8 Å². The summed E-state index contributed by atoms with van der Waals surface area (Å²) in [5.74, 6) is 3.74. The number of aliphatic carboxylic acids is 1. The van der Waals surface area contributed by atoms with Gasteiger partial charge in [0.05, 0.1) is 0 Å². The third kappa shape index (κ3) is 5.22. The molecule has 0 saturated heterocycles. The molecule has 0 radical (unpaired) electrons. The van der Waals surface area contributed by atoms with Gasteiger partial charge in [-0.1, -0.05) is 0 Å². The Balaban J connectivity index is 3.16. The van der Waals surface area contributed by atoms with Gasteiger partial charge in [-0.2, -0.15) is 0 Å². The lowest BCUT2D eigenvalue weighted by Crippen LogP contribution is -2.27. The van der Waals surface area contributed by atoms with Gasteiger partial charge in [0.15, 0.2) is 0 Å². The maximum atomic E-state index is 9.87. The van der Waals surface area contributed by atoms with Crippen molar-refractivity contribution in [3.63, 3.8) is 0 Å². The minimum Gasteiger partial charge on any atom is -0.481 e. The summed E-state index contributed by atoms with van der Waals surface area (Å²) in [6.07, 6.45) is -0.439. The van der Waals surface area contributed by atoms with E-state index in [1.165, 1.54) is 0 Å². The third-order valence-electron chi connectivity index (χ3n) is 0.818. The van der Waals surface area contributed by atoms with Crippen molar-refractivity contribution in [2.45, 2.75) is 19.1 Å². The molecule has 0 aliphatic carbocycles. The van der Waals surface area contributed by atoms with E-state index in [9.17, 15) is 4.79 Å². The van der Waals surface area contributed by atoms with E-state index in [1.54, 1.807) is 0 Å². The molecule has 0 heterocycles. The summed E-state index contributed by atoms with van der Waals surface area (Å²) in [6, 6.07) is 0. The first-order chi connectivity index (χ1) is 4.16. The summed E-state index contributed by atoms with van der Waals surface area (Å²) in [5.41, 5.74) is 5.11. The molecule has 5 N–H and O–H groups in total. The van der Waals surface area contributed by atoms with Crippen molar-refractivity contribution >= 4 is 5.97 Å². The van der Waals surface area contributed by atoms with Gasteiger partial charge in [-0.25, -0.2) is 5.90 Å². The molecule has 9 heavy (non-hydrogen) atoms. The van der Waals surface area contributed by atoms with Crippen molar-refractivity contribution < 1.29 is 14.7 Å². The molecule has 0 bridgehead atoms. The molecule has 0 rings (SSSR count). The fourth-order valence-electron chi connectivity index (χ4n) is 0.334. The van der Waals surface area contributed by atoms with Gasteiger partial charge in [-0.3, -0.25) is 9.63 Å². The van der Waals surface area contributed by atoms with Gasteiger partial charge < -0.3 is 10.8 Å². The van der Waals surface area contributed by atoms with Crippen molar-refractivity contribution in [3.05, 3.63) is 0 Å². The van der Waals surface area contributed by atoms with Gasteiger partial charge in [-0.05, 0) is 6.42 Å². The van der Waals surface area contributed by atoms with Crippen LogP contribution >= 0.6 is 0 Å². The van der Waals surface area contributed by atoms with Crippen LogP contribution < -0.4 is 11.6 Å². The molecule has 1 unspecified atom stereocenters. The predicted octanol–water partition coefficient (Wildman–Crippen LogP) is -0.974. The number of carboxylic acids is 1. The van der Waals surface area contributed by atoms with Crippen molar-refractivity contribution in [2.75, 3.05) is 0 Å². The fraction of sp³-hybridized carbons (Fsp3) is 0.750. The van der Waals surface area contributed by atoms with Crippen LogP contribution in [-0.2, 0) is 9.63 Å². The van der Waals surface area contributed by atoms with Crippen LogP contribution in [0.3, 0.4) is 0 Å².